The van der Waals surface area contributed by atoms with E-state index in [4.69, 9.17) is 4.74 Å². The Bertz CT molecular complexity index is 1150. The van der Waals surface area contributed by atoms with Gasteiger partial charge in [0.05, 0.1) is 30.8 Å². The minimum Gasteiger partial charge on any atom is -0.461 e. The van der Waals surface area contributed by atoms with Crippen molar-refractivity contribution in [2.75, 3.05) is 13.2 Å². The van der Waals surface area contributed by atoms with Gasteiger partial charge in [-0.15, -0.1) is 0 Å². The van der Waals surface area contributed by atoms with Crippen LogP contribution in [0.15, 0.2) is 42.7 Å². The average Bonchev–Trinajstić information content (AvgIpc) is 3.45. The topological polar surface area (TPSA) is 82.3 Å². The summed E-state index contributed by atoms with van der Waals surface area (Å²) in [6, 6.07) is 8.75. The molecule has 2 aromatic heterocycles. The molecule has 0 unspecified atom stereocenters. The van der Waals surface area contributed by atoms with Crippen molar-refractivity contribution in [3.8, 4) is 5.69 Å². The van der Waals surface area contributed by atoms with Crippen molar-refractivity contribution < 1.29 is 27.5 Å². The number of para-hydroxylation sites is 1. The number of alkyl halides is 3. The molecular formula is C22H22F3N5O3. The van der Waals surface area contributed by atoms with Crippen LogP contribution >= 0.6 is 0 Å². The van der Waals surface area contributed by atoms with Gasteiger partial charge in [-0.1, -0.05) is 12.1 Å². The highest BCUT2D eigenvalue weighted by Crippen LogP contribution is 2.28. The zero-order valence-electron chi connectivity index (χ0n) is 17.9. The van der Waals surface area contributed by atoms with Gasteiger partial charge in [-0.3, -0.25) is 9.48 Å². The van der Waals surface area contributed by atoms with E-state index >= 15 is 0 Å². The molecule has 3 heterocycles. The number of aryl methyl sites for hydroxylation is 1. The van der Waals surface area contributed by atoms with E-state index in [1.807, 2.05) is 0 Å². The summed E-state index contributed by atoms with van der Waals surface area (Å²) in [5, 5.41) is 8.32. The molecule has 0 bridgehead atoms. The lowest BCUT2D eigenvalue weighted by molar-refractivity contribution is -0.137. The highest BCUT2D eigenvalue weighted by Gasteiger charge is 2.33. The molecule has 33 heavy (non-hydrogen) atoms. The van der Waals surface area contributed by atoms with E-state index in [-0.39, 0.29) is 37.7 Å². The van der Waals surface area contributed by atoms with Crippen molar-refractivity contribution in [3.63, 3.8) is 0 Å². The summed E-state index contributed by atoms with van der Waals surface area (Å²) in [7, 11) is 0. The summed E-state index contributed by atoms with van der Waals surface area (Å²) in [5.41, 5.74) is 1.92. The monoisotopic (exact) mass is 461 g/mol. The fourth-order valence-corrected chi connectivity index (χ4v) is 3.88. The van der Waals surface area contributed by atoms with Crippen LogP contribution in [0, 0.1) is 0 Å². The fraction of sp³-hybridized carbons (Fsp3) is 0.364. The van der Waals surface area contributed by atoms with E-state index in [9.17, 15) is 22.8 Å². The molecule has 0 aliphatic carbocycles. The van der Waals surface area contributed by atoms with Gasteiger partial charge in [-0.2, -0.15) is 23.4 Å². The predicted molar refractivity (Wildman–Crippen MR) is 111 cm³/mol. The molecule has 4 rings (SSSR count). The van der Waals surface area contributed by atoms with Gasteiger partial charge < -0.3 is 9.64 Å². The van der Waals surface area contributed by atoms with Crippen molar-refractivity contribution in [2.45, 2.75) is 39.0 Å². The Morgan fingerprint density at radius 1 is 1.18 bits per heavy atom. The maximum Gasteiger partial charge on any atom is 0.390 e. The Labute approximate surface area is 187 Å². The fourth-order valence-electron chi connectivity index (χ4n) is 3.88. The molecule has 3 aromatic rings. The second-order valence-corrected chi connectivity index (χ2v) is 7.53. The van der Waals surface area contributed by atoms with Crippen LogP contribution in [0.25, 0.3) is 5.69 Å². The third kappa shape index (κ3) is 4.76. The summed E-state index contributed by atoms with van der Waals surface area (Å²) >= 11 is 0. The van der Waals surface area contributed by atoms with Crippen LogP contribution < -0.4 is 0 Å². The van der Waals surface area contributed by atoms with Gasteiger partial charge in [-0.05, 0) is 25.1 Å². The lowest BCUT2D eigenvalue weighted by Gasteiger charge is -2.28. The van der Waals surface area contributed by atoms with Crippen LogP contribution in [0.5, 0.6) is 0 Å². The summed E-state index contributed by atoms with van der Waals surface area (Å²) in [6.45, 7) is 1.65. The summed E-state index contributed by atoms with van der Waals surface area (Å²) in [5.74, 6) is -0.990. The molecule has 0 fully saturated rings. The minimum absolute atomic E-state index is 0.0434. The number of esters is 1. The zero-order valence-corrected chi connectivity index (χ0v) is 17.9. The van der Waals surface area contributed by atoms with Crippen molar-refractivity contribution in [1.29, 1.82) is 0 Å². The molecule has 8 nitrogen and oxygen atoms in total. The van der Waals surface area contributed by atoms with Gasteiger partial charge in [0.25, 0.3) is 5.91 Å². The highest BCUT2D eigenvalue weighted by atomic mass is 19.4. The first-order chi connectivity index (χ1) is 15.8. The van der Waals surface area contributed by atoms with E-state index < -0.39 is 25.1 Å². The Morgan fingerprint density at radius 2 is 1.97 bits per heavy atom. The van der Waals surface area contributed by atoms with Crippen molar-refractivity contribution >= 4 is 11.9 Å². The number of ether oxygens (including phenoxy) is 1. The molecule has 0 radical (unpaired) electrons. The minimum atomic E-state index is -4.35. The molecule has 174 valence electrons. The summed E-state index contributed by atoms with van der Waals surface area (Å²) in [6.07, 6.45) is -1.81. The third-order valence-electron chi connectivity index (χ3n) is 5.38. The Hall–Kier alpha value is -3.63. The van der Waals surface area contributed by atoms with E-state index in [0.29, 0.717) is 22.5 Å². The standard InChI is InChI=1S/C22H22F3N5O3/c1-2-33-21(32)19-16-14-28(12-8-18(16)30(27-19)13-9-22(23,24)25)20(31)15-6-3-4-7-17(15)29-11-5-10-26-29/h3-7,10-11H,2,8-9,12-14H2,1H3. The highest BCUT2D eigenvalue weighted by molar-refractivity contribution is 5.98. The molecule has 0 saturated carbocycles. The Kier molecular flexibility index (Phi) is 6.21. The first kappa shape index (κ1) is 22.6. The smallest absolute Gasteiger partial charge is 0.390 e. The molecule has 11 heteroatoms. The third-order valence-corrected chi connectivity index (χ3v) is 5.38. The Balaban J connectivity index is 1.65. The largest absolute Gasteiger partial charge is 0.461 e. The van der Waals surface area contributed by atoms with E-state index in [1.165, 1.54) is 4.68 Å². The second-order valence-electron chi connectivity index (χ2n) is 7.53. The summed E-state index contributed by atoms with van der Waals surface area (Å²) < 4.78 is 46.2. The molecule has 0 spiro atoms. The molecule has 1 aliphatic heterocycles. The van der Waals surface area contributed by atoms with Crippen molar-refractivity contribution in [3.05, 3.63) is 65.2 Å². The number of hydrogen-bond donors (Lipinski definition) is 0. The van der Waals surface area contributed by atoms with Crippen LogP contribution in [-0.2, 0) is 24.2 Å². The molecule has 0 saturated heterocycles. The molecule has 0 N–H and O–H groups in total. The molecule has 1 aromatic carbocycles. The zero-order chi connectivity index (χ0) is 23.6. The van der Waals surface area contributed by atoms with E-state index in [0.717, 1.165) is 0 Å². The number of aromatic nitrogens is 4. The molecule has 1 aliphatic rings. The van der Waals surface area contributed by atoms with Gasteiger partial charge in [0, 0.05) is 43.2 Å². The van der Waals surface area contributed by atoms with Gasteiger partial charge in [-0.25, -0.2) is 9.48 Å². The lowest BCUT2D eigenvalue weighted by atomic mass is 10.0. The van der Waals surface area contributed by atoms with E-state index in [1.54, 1.807) is 59.2 Å². The number of halogens is 3. The number of nitrogens with zero attached hydrogens (tertiary/aromatic N) is 5. The van der Waals surface area contributed by atoms with E-state index in [2.05, 4.69) is 10.2 Å². The predicted octanol–water partition coefficient (Wildman–Crippen LogP) is 3.40. The lowest BCUT2D eigenvalue weighted by Crippen LogP contribution is -2.37. The maximum atomic E-state index is 13.4. The number of benzene rings is 1. The number of rotatable bonds is 6. The molecular weight excluding hydrogens is 439 g/mol. The number of carbonyl (C=O) groups is 2. The normalized spacial score (nSPS) is 13.6. The number of amides is 1. The quantitative estimate of drug-likeness (QED) is 0.526. The van der Waals surface area contributed by atoms with Gasteiger partial charge in [0.1, 0.15) is 0 Å². The SMILES string of the molecule is CCOC(=O)c1nn(CCC(F)(F)F)c2c1CN(C(=O)c1ccccc1-n1cccn1)CC2. The average molecular weight is 461 g/mol. The van der Waals surface area contributed by atoms with Crippen molar-refractivity contribution in [1.82, 2.24) is 24.5 Å². The van der Waals surface area contributed by atoms with Crippen LogP contribution in [0.3, 0.4) is 0 Å². The number of fused-ring (bicyclic) bond motifs is 1. The van der Waals surface area contributed by atoms with Crippen LogP contribution in [0.4, 0.5) is 13.2 Å². The number of carbonyl (C=O) groups excluding carboxylic acids is 2. The molecule has 1 amide bonds. The van der Waals surface area contributed by atoms with Crippen molar-refractivity contribution in [2.24, 2.45) is 0 Å². The first-order valence-electron chi connectivity index (χ1n) is 10.5. The Morgan fingerprint density at radius 3 is 2.67 bits per heavy atom. The van der Waals surface area contributed by atoms with Gasteiger partial charge >= 0.3 is 12.1 Å². The van der Waals surface area contributed by atoms with Crippen LogP contribution in [0.2, 0.25) is 0 Å². The maximum absolute atomic E-state index is 13.4. The van der Waals surface area contributed by atoms with Gasteiger partial charge in [0.2, 0.25) is 0 Å². The van der Waals surface area contributed by atoms with Crippen LogP contribution in [0.1, 0.15) is 45.4 Å². The summed E-state index contributed by atoms with van der Waals surface area (Å²) in [4.78, 5) is 27.4. The number of hydrogen-bond acceptors (Lipinski definition) is 5. The first-order valence-corrected chi connectivity index (χ1v) is 10.5. The van der Waals surface area contributed by atoms with Crippen LogP contribution in [-0.4, -0.2) is 55.7 Å². The molecule has 0 atom stereocenters. The van der Waals surface area contributed by atoms with Gasteiger partial charge in [0.15, 0.2) is 5.69 Å². The second kappa shape index (κ2) is 9.08.